The van der Waals surface area contributed by atoms with Crippen LogP contribution < -0.4 is 0 Å². The lowest BCUT2D eigenvalue weighted by molar-refractivity contribution is 0.184. The summed E-state index contributed by atoms with van der Waals surface area (Å²) < 4.78 is 29.6. The van der Waals surface area contributed by atoms with Gasteiger partial charge < -0.3 is 9.67 Å². The summed E-state index contributed by atoms with van der Waals surface area (Å²) in [4.78, 5) is 4.56. The highest BCUT2D eigenvalue weighted by molar-refractivity contribution is 6.30. The first-order valence-corrected chi connectivity index (χ1v) is 9.20. The Kier molecular flexibility index (Phi) is 4.67. The number of aliphatic hydroxyl groups is 1. The first kappa shape index (κ1) is 17.4. The summed E-state index contributed by atoms with van der Waals surface area (Å²) in [6.07, 6.45) is 4.25. The van der Waals surface area contributed by atoms with E-state index in [-0.39, 0.29) is 18.6 Å². The second-order valence-corrected chi connectivity index (χ2v) is 7.30. The van der Waals surface area contributed by atoms with Crippen molar-refractivity contribution >= 4 is 22.6 Å². The molecule has 1 aliphatic carbocycles. The van der Waals surface area contributed by atoms with E-state index in [1.165, 1.54) is 6.07 Å². The summed E-state index contributed by atoms with van der Waals surface area (Å²) in [5.41, 5.74) is 1.67. The maximum absolute atomic E-state index is 13.9. The van der Waals surface area contributed by atoms with Gasteiger partial charge in [0, 0.05) is 22.7 Å². The first-order chi connectivity index (χ1) is 12.6. The Balaban J connectivity index is 1.95. The van der Waals surface area contributed by atoms with E-state index in [4.69, 9.17) is 11.6 Å². The number of aromatic nitrogens is 2. The van der Waals surface area contributed by atoms with Gasteiger partial charge in [-0.25, -0.2) is 13.8 Å². The van der Waals surface area contributed by atoms with Crippen LogP contribution in [0.15, 0.2) is 36.4 Å². The average molecular weight is 377 g/mol. The molecule has 1 unspecified atom stereocenters. The highest BCUT2D eigenvalue weighted by Gasteiger charge is 2.30. The Morgan fingerprint density at radius 1 is 1.12 bits per heavy atom. The maximum atomic E-state index is 13.9. The van der Waals surface area contributed by atoms with Crippen molar-refractivity contribution in [1.82, 2.24) is 9.55 Å². The Labute approximate surface area is 155 Å². The lowest BCUT2D eigenvalue weighted by atomic mass is 9.98. The maximum Gasteiger partial charge on any atom is 0.161 e. The SMILES string of the molecule is OCC(C1CCCC1)n1c(-c2ccc(Cl)cc2)nc2cc(F)c(F)cc21. The molecule has 136 valence electrons. The zero-order valence-electron chi connectivity index (χ0n) is 14.1. The molecule has 0 aliphatic heterocycles. The van der Waals surface area contributed by atoms with Crippen molar-refractivity contribution in [3.63, 3.8) is 0 Å². The van der Waals surface area contributed by atoms with Crippen LogP contribution in [0.3, 0.4) is 0 Å². The van der Waals surface area contributed by atoms with Crippen molar-refractivity contribution in [3.8, 4) is 11.4 Å². The summed E-state index contributed by atoms with van der Waals surface area (Å²) in [6.45, 7) is -0.0737. The normalized spacial score (nSPS) is 16.5. The standard InChI is InChI=1S/C20H19ClF2N2O/c21-14-7-5-13(6-8-14)20-24-17-9-15(22)16(23)10-18(17)25(20)19(11-26)12-3-1-2-4-12/h5-10,12,19,26H,1-4,11H2. The van der Waals surface area contributed by atoms with E-state index < -0.39 is 11.6 Å². The largest absolute Gasteiger partial charge is 0.394 e. The van der Waals surface area contributed by atoms with Crippen molar-refractivity contribution in [2.24, 2.45) is 5.92 Å². The number of rotatable bonds is 4. The Morgan fingerprint density at radius 2 is 1.77 bits per heavy atom. The third-order valence-corrected chi connectivity index (χ3v) is 5.55. The van der Waals surface area contributed by atoms with E-state index >= 15 is 0 Å². The van der Waals surface area contributed by atoms with Crippen LogP contribution in [-0.4, -0.2) is 21.3 Å². The number of aliphatic hydroxyl groups excluding tert-OH is 1. The zero-order valence-corrected chi connectivity index (χ0v) is 14.9. The average Bonchev–Trinajstić information content (AvgIpc) is 3.27. The molecule has 3 nitrogen and oxygen atoms in total. The molecule has 0 spiro atoms. The molecule has 1 aromatic heterocycles. The highest BCUT2D eigenvalue weighted by Crippen LogP contribution is 2.39. The third-order valence-electron chi connectivity index (χ3n) is 5.30. The predicted molar refractivity (Wildman–Crippen MR) is 98.2 cm³/mol. The van der Waals surface area contributed by atoms with Gasteiger partial charge in [-0.2, -0.15) is 0 Å². The molecule has 0 amide bonds. The van der Waals surface area contributed by atoms with Gasteiger partial charge in [-0.1, -0.05) is 24.4 Å². The monoisotopic (exact) mass is 376 g/mol. The van der Waals surface area contributed by atoms with Crippen molar-refractivity contribution in [2.45, 2.75) is 31.7 Å². The molecule has 1 saturated carbocycles. The molecule has 1 heterocycles. The van der Waals surface area contributed by atoms with Gasteiger partial charge in [-0.3, -0.25) is 0 Å². The summed E-state index contributed by atoms with van der Waals surface area (Å²) in [5.74, 6) is -0.959. The molecule has 1 fully saturated rings. The topological polar surface area (TPSA) is 38.0 Å². The summed E-state index contributed by atoms with van der Waals surface area (Å²) >= 11 is 5.99. The molecule has 0 radical (unpaired) electrons. The molecule has 1 atom stereocenters. The van der Waals surface area contributed by atoms with Gasteiger partial charge in [0.15, 0.2) is 11.6 Å². The van der Waals surface area contributed by atoms with Gasteiger partial charge in [0.1, 0.15) is 5.82 Å². The van der Waals surface area contributed by atoms with Crippen molar-refractivity contribution in [2.75, 3.05) is 6.61 Å². The molecule has 0 bridgehead atoms. The summed E-state index contributed by atoms with van der Waals surface area (Å²) in [5, 5.41) is 10.7. The molecule has 0 saturated heterocycles. The Bertz CT molecular complexity index is 933. The molecule has 6 heteroatoms. The van der Waals surface area contributed by atoms with E-state index in [9.17, 15) is 13.9 Å². The van der Waals surface area contributed by atoms with Crippen molar-refractivity contribution in [3.05, 3.63) is 53.1 Å². The van der Waals surface area contributed by atoms with Crippen LogP contribution in [0.1, 0.15) is 31.7 Å². The number of fused-ring (bicyclic) bond motifs is 1. The van der Waals surface area contributed by atoms with E-state index in [1.54, 1.807) is 12.1 Å². The molecule has 3 aromatic rings. The minimum atomic E-state index is -0.925. The smallest absolute Gasteiger partial charge is 0.161 e. The van der Waals surface area contributed by atoms with E-state index in [2.05, 4.69) is 4.98 Å². The number of nitrogens with zero attached hydrogens (tertiary/aromatic N) is 2. The lowest BCUT2D eigenvalue weighted by Crippen LogP contribution is -2.22. The minimum Gasteiger partial charge on any atom is -0.394 e. The predicted octanol–water partition coefficient (Wildman–Crippen LogP) is 5.36. The molecule has 1 N–H and O–H groups in total. The van der Waals surface area contributed by atoms with Gasteiger partial charge in [0.05, 0.1) is 23.7 Å². The highest BCUT2D eigenvalue weighted by atomic mass is 35.5. The van der Waals surface area contributed by atoms with Crippen LogP contribution in [-0.2, 0) is 0 Å². The fraction of sp³-hybridized carbons (Fsp3) is 0.350. The fourth-order valence-corrected chi connectivity index (χ4v) is 4.14. The number of imidazole rings is 1. The molecule has 26 heavy (non-hydrogen) atoms. The molecule has 4 rings (SSSR count). The van der Waals surface area contributed by atoms with Crippen LogP contribution in [0.4, 0.5) is 8.78 Å². The molecular weight excluding hydrogens is 358 g/mol. The summed E-state index contributed by atoms with van der Waals surface area (Å²) in [7, 11) is 0. The lowest BCUT2D eigenvalue weighted by Gasteiger charge is -2.25. The second kappa shape index (κ2) is 6.97. The quantitative estimate of drug-likeness (QED) is 0.665. The van der Waals surface area contributed by atoms with Gasteiger partial charge in [0.2, 0.25) is 0 Å². The number of hydrogen-bond donors (Lipinski definition) is 1. The third kappa shape index (κ3) is 2.99. The molecular formula is C20H19ClF2N2O. The van der Waals surface area contributed by atoms with Crippen LogP contribution in [0.25, 0.3) is 22.4 Å². The first-order valence-electron chi connectivity index (χ1n) is 8.82. The zero-order chi connectivity index (χ0) is 18.3. The summed E-state index contributed by atoms with van der Waals surface area (Å²) in [6, 6.07) is 9.23. The minimum absolute atomic E-state index is 0.0737. The van der Waals surface area contributed by atoms with Crippen LogP contribution in [0, 0.1) is 17.6 Å². The number of halogens is 3. The van der Waals surface area contributed by atoms with Gasteiger partial charge in [-0.05, 0) is 43.0 Å². The van der Waals surface area contributed by atoms with Crippen LogP contribution in [0.2, 0.25) is 5.02 Å². The van der Waals surface area contributed by atoms with Gasteiger partial charge in [0.25, 0.3) is 0 Å². The van der Waals surface area contributed by atoms with Crippen molar-refractivity contribution < 1.29 is 13.9 Å². The van der Waals surface area contributed by atoms with Gasteiger partial charge in [-0.15, -0.1) is 0 Å². The number of benzene rings is 2. The van der Waals surface area contributed by atoms with Gasteiger partial charge >= 0.3 is 0 Å². The number of hydrogen-bond acceptors (Lipinski definition) is 2. The van der Waals surface area contributed by atoms with E-state index in [0.717, 1.165) is 37.3 Å². The van der Waals surface area contributed by atoms with Crippen LogP contribution >= 0.6 is 11.6 Å². The fourth-order valence-electron chi connectivity index (χ4n) is 4.01. The van der Waals surface area contributed by atoms with Crippen molar-refractivity contribution in [1.29, 1.82) is 0 Å². The van der Waals surface area contributed by atoms with E-state index in [0.29, 0.717) is 21.9 Å². The Morgan fingerprint density at radius 3 is 2.42 bits per heavy atom. The molecule has 2 aromatic carbocycles. The Hall–Kier alpha value is -1.98. The van der Waals surface area contributed by atoms with Crippen LogP contribution in [0.5, 0.6) is 0 Å². The molecule has 1 aliphatic rings. The second-order valence-electron chi connectivity index (χ2n) is 6.86. The van der Waals surface area contributed by atoms with E-state index in [1.807, 2.05) is 16.7 Å².